The van der Waals surface area contributed by atoms with Crippen LogP contribution in [0.4, 0.5) is 5.69 Å². The largest absolute Gasteiger partial charge is 0.274 e. The van der Waals surface area contributed by atoms with Crippen LogP contribution in [0, 0.1) is 5.92 Å². The molecular weight excluding hydrogens is 286 g/mol. The van der Waals surface area contributed by atoms with Crippen molar-refractivity contribution in [2.75, 3.05) is 4.90 Å². The number of imide groups is 1. The van der Waals surface area contributed by atoms with Gasteiger partial charge in [-0.15, -0.1) is 0 Å². The normalized spacial score (nSPS) is 18.3. The van der Waals surface area contributed by atoms with Crippen molar-refractivity contribution in [2.45, 2.75) is 12.8 Å². The Morgan fingerprint density at radius 1 is 1.05 bits per heavy atom. The molecule has 0 bridgehead atoms. The van der Waals surface area contributed by atoms with Crippen LogP contribution >= 0.6 is 11.6 Å². The van der Waals surface area contributed by atoms with E-state index in [9.17, 15) is 9.59 Å². The Morgan fingerprint density at radius 3 is 2.52 bits per heavy atom. The van der Waals surface area contributed by atoms with Crippen LogP contribution in [0.3, 0.4) is 0 Å². The van der Waals surface area contributed by atoms with Gasteiger partial charge in [0, 0.05) is 11.4 Å². The van der Waals surface area contributed by atoms with Crippen LogP contribution in [0.2, 0.25) is 5.02 Å². The van der Waals surface area contributed by atoms with Gasteiger partial charge in [0.2, 0.25) is 11.8 Å². The zero-order chi connectivity index (χ0) is 14.8. The second-order valence-electron chi connectivity index (χ2n) is 5.14. The molecule has 3 nitrogen and oxygen atoms in total. The van der Waals surface area contributed by atoms with E-state index in [1.165, 1.54) is 4.90 Å². The summed E-state index contributed by atoms with van der Waals surface area (Å²) in [6.07, 6.45) is 0.786. The number of nitrogens with zero attached hydrogens (tertiary/aromatic N) is 1. The zero-order valence-electron chi connectivity index (χ0n) is 11.3. The second kappa shape index (κ2) is 5.70. The van der Waals surface area contributed by atoms with Gasteiger partial charge in [-0.25, -0.2) is 0 Å². The molecule has 0 spiro atoms. The average Bonchev–Trinajstić information content (AvgIpc) is 2.74. The van der Waals surface area contributed by atoms with Crippen molar-refractivity contribution in [3.63, 3.8) is 0 Å². The lowest BCUT2D eigenvalue weighted by atomic mass is 9.98. The molecule has 1 aliphatic heterocycles. The fourth-order valence-corrected chi connectivity index (χ4v) is 2.86. The van der Waals surface area contributed by atoms with Gasteiger partial charge in [0.15, 0.2) is 0 Å². The first-order chi connectivity index (χ1) is 10.1. The van der Waals surface area contributed by atoms with E-state index in [-0.39, 0.29) is 24.2 Å². The third kappa shape index (κ3) is 2.83. The lowest BCUT2D eigenvalue weighted by Crippen LogP contribution is -2.30. The van der Waals surface area contributed by atoms with Crippen LogP contribution in [0.5, 0.6) is 0 Å². The molecule has 21 heavy (non-hydrogen) atoms. The Balaban J connectivity index is 1.81. The lowest BCUT2D eigenvalue weighted by molar-refractivity contribution is -0.122. The van der Waals surface area contributed by atoms with Crippen molar-refractivity contribution in [3.05, 3.63) is 65.2 Å². The van der Waals surface area contributed by atoms with Crippen LogP contribution in [0.25, 0.3) is 0 Å². The first-order valence-corrected chi connectivity index (χ1v) is 7.19. The summed E-state index contributed by atoms with van der Waals surface area (Å²) in [5, 5.41) is 0.643. The maximum Gasteiger partial charge on any atom is 0.237 e. The molecule has 4 heteroatoms. The van der Waals surface area contributed by atoms with E-state index in [0.717, 1.165) is 5.56 Å². The van der Waals surface area contributed by atoms with Gasteiger partial charge >= 0.3 is 0 Å². The average molecular weight is 300 g/mol. The number of carbonyl (C=O) groups is 2. The minimum Gasteiger partial charge on any atom is -0.274 e. The van der Waals surface area contributed by atoms with Gasteiger partial charge in [0.1, 0.15) is 0 Å². The standard InChI is InChI=1S/C17H14ClNO2/c18-14-6-4-5-12(10-14)9-13-11-16(20)19(17(13)21)15-7-2-1-3-8-15/h1-8,10,13H,9,11H2. The molecule has 2 aromatic rings. The molecule has 0 saturated carbocycles. The van der Waals surface area contributed by atoms with Crippen molar-refractivity contribution < 1.29 is 9.59 Å². The Hall–Kier alpha value is -2.13. The molecule has 2 amide bonds. The Bertz CT molecular complexity index is 684. The van der Waals surface area contributed by atoms with Crippen LogP contribution < -0.4 is 4.90 Å². The van der Waals surface area contributed by atoms with Crippen LogP contribution in [-0.4, -0.2) is 11.8 Å². The van der Waals surface area contributed by atoms with Gasteiger partial charge in [-0.05, 0) is 36.2 Å². The van der Waals surface area contributed by atoms with Crippen LogP contribution in [0.15, 0.2) is 54.6 Å². The number of rotatable bonds is 3. The predicted molar refractivity (Wildman–Crippen MR) is 82.2 cm³/mol. The molecule has 0 aliphatic carbocycles. The summed E-state index contributed by atoms with van der Waals surface area (Å²) in [5.41, 5.74) is 1.62. The van der Waals surface area contributed by atoms with E-state index in [2.05, 4.69) is 0 Å². The number of anilines is 1. The van der Waals surface area contributed by atoms with Crippen molar-refractivity contribution >= 4 is 29.1 Å². The maximum absolute atomic E-state index is 12.5. The summed E-state index contributed by atoms with van der Waals surface area (Å²) in [4.78, 5) is 25.9. The van der Waals surface area contributed by atoms with E-state index in [4.69, 9.17) is 11.6 Å². The molecule has 2 aromatic carbocycles. The predicted octanol–water partition coefficient (Wildman–Crippen LogP) is 3.46. The van der Waals surface area contributed by atoms with E-state index in [1.54, 1.807) is 18.2 Å². The molecule has 106 valence electrons. The van der Waals surface area contributed by atoms with E-state index in [1.807, 2.05) is 36.4 Å². The molecular formula is C17H14ClNO2. The molecule has 0 aromatic heterocycles. The molecule has 1 heterocycles. The minimum absolute atomic E-state index is 0.133. The number of hydrogen-bond acceptors (Lipinski definition) is 2. The van der Waals surface area contributed by atoms with Crippen LogP contribution in [0.1, 0.15) is 12.0 Å². The summed E-state index contributed by atoms with van der Waals surface area (Å²) < 4.78 is 0. The van der Waals surface area contributed by atoms with Crippen molar-refractivity contribution in [3.8, 4) is 0 Å². The topological polar surface area (TPSA) is 37.4 Å². The number of para-hydroxylation sites is 1. The number of amides is 2. The lowest BCUT2D eigenvalue weighted by Gasteiger charge is -2.14. The smallest absolute Gasteiger partial charge is 0.237 e. The molecule has 1 atom stereocenters. The van der Waals surface area contributed by atoms with E-state index in [0.29, 0.717) is 17.1 Å². The Kier molecular flexibility index (Phi) is 3.76. The highest BCUT2D eigenvalue weighted by molar-refractivity contribution is 6.30. The molecule has 1 unspecified atom stereocenters. The summed E-state index contributed by atoms with van der Waals surface area (Å²) >= 11 is 5.96. The summed E-state index contributed by atoms with van der Waals surface area (Å²) in [6, 6.07) is 16.5. The molecule has 3 rings (SSSR count). The number of halogens is 1. The van der Waals surface area contributed by atoms with Crippen molar-refractivity contribution in [2.24, 2.45) is 5.92 Å². The van der Waals surface area contributed by atoms with Crippen molar-refractivity contribution in [1.29, 1.82) is 0 Å². The molecule has 1 fully saturated rings. The molecule has 1 saturated heterocycles. The summed E-state index contributed by atoms with van der Waals surface area (Å²) in [7, 11) is 0. The Labute approximate surface area is 128 Å². The fourth-order valence-electron chi connectivity index (χ4n) is 2.65. The van der Waals surface area contributed by atoms with E-state index < -0.39 is 0 Å². The van der Waals surface area contributed by atoms with E-state index >= 15 is 0 Å². The number of carbonyl (C=O) groups excluding carboxylic acids is 2. The van der Waals surface area contributed by atoms with Crippen molar-refractivity contribution in [1.82, 2.24) is 0 Å². The number of benzene rings is 2. The quantitative estimate of drug-likeness (QED) is 0.814. The van der Waals surface area contributed by atoms with Gasteiger partial charge in [0.05, 0.1) is 11.6 Å². The summed E-state index contributed by atoms with van der Waals surface area (Å²) in [6.45, 7) is 0. The zero-order valence-corrected chi connectivity index (χ0v) is 12.1. The molecule has 0 N–H and O–H groups in total. The molecule has 0 radical (unpaired) electrons. The number of hydrogen-bond donors (Lipinski definition) is 0. The monoisotopic (exact) mass is 299 g/mol. The van der Waals surface area contributed by atoms with Gasteiger partial charge in [0.25, 0.3) is 0 Å². The maximum atomic E-state index is 12.5. The summed E-state index contributed by atoms with van der Waals surface area (Å²) in [5.74, 6) is -0.583. The van der Waals surface area contributed by atoms with Gasteiger partial charge in [-0.3, -0.25) is 14.5 Å². The van der Waals surface area contributed by atoms with Gasteiger partial charge < -0.3 is 0 Å². The second-order valence-corrected chi connectivity index (χ2v) is 5.57. The third-order valence-electron chi connectivity index (χ3n) is 3.63. The first kappa shape index (κ1) is 13.8. The van der Waals surface area contributed by atoms with Gasteiger partial charge in [-0.2, -0.15) is 0 Å². The van der Waals surface area contributed by atoms with Gasteiger partial charge in [-0.1, -0.05) is 41.9 Å². The highest BCUT2D eigenvalue weighted by Crippen LogP contribution is 2.28. The fraction of sp³-hybridized carbons (Fsp3) is 0.176. The third-order valence-corrected chi connectivity index (χ3v) is 3.86. The SMILES string of the molecule is O=C1CC(Cc2cccc(Cl)c2)C(=O)N1c1ccccc1. The minimum atomic E-state index is -0.309. The first-order valence-electron chi connectivity index (χ1n) is 6.81. The highest BCUT2D eigenvalue weighted by Gasteiger charge is 2.39. The molecule has 1 aliphatic rings. The highest BCUT2D eigenvalue weighted by atomic mass is 35.5. The van der Waals surface area contributed by atoms with Crippen LogP contribution in [-0.2, 0) is 16.0 Å². The Morgan fingerprint density at radius 2 is 1.81 bits per heavy atom.